The number of carbonyl (C=O) groups is 1. The van der Waals surface area contributed by atoms with E-state index in [0.29, 0.717) is 6.42 Å². The molecule has 0 aliphatic heterocycles. The van der Waals surface area contributed by atoms with Crippen LogP contribution in [0.5, 0.6) is 0 Å². The Labute approximate surface area is 90.9 Å². The fraction of sp³-hybridized carbons (Fsp3) is 0.889. The van der Waals surface area contributed by atoms with Crippen LogP contribution in [-0.2, 0) is 14.8 Å². The standard InChI is InChI=1S/C9H19NO4S/c1-4-6-7-15(13,14)10-9(3,5-2)8(11)12/h10H,4-7H2,1-3H3,(H,11,12). The first-order chi connectivity index (χ1) is 6.77. The van der Waals surface area contributed by atoms with Crippen LogP contribution in [0.3, 0.4) is 0 Å². The van der Waals surface area contributed by atoms with Crippen molar-refractivity contribution in [2.75, 3.05) is 5.75 Å². The fourth-order valence-electron chi connectivity index (χ4n) is 0.996. The van der Waals surface area contributed by atoms with Crippen LogP contribution in [0.15, 0.2) is 0 Å². The van der Waals surface area contributed by atoms with E-state index in [2.05, 4.69) is 4.72 Å². The summed E-state index contributed by atoms with van der Waals surface area (Å²) in [5.41, 5.74) is -1.40. The molecular weight excluding hydrogens is 218 g/mol. The summed E-state index contributed by atoms with van der Waals surface area (Å²) in [6, 6.07) is 0. The molecule has 5 nitrogen and oxygen atoms in total. The van der Waals surface area contributed by atoms with Gasteiger partial charge in [0.1, 0.15) is 5.54 Å². The second kappa shape index (κ2) is 5.46. The Morgan fingerprint density at radius 2 is 1.93 bits per heavy atom. The molecule has 0 aromatic heterocycles. The third-order valence-electron chi connectivity index (χ3n) is 2.33. The topological polar surface area (TPSA) is 83.5 Å². The fourth-order valence-corrected chi connectivity index (χ4v) is 2.68. The smallest absolute Gasteiger partial charge is 0.324 e. The zero-order chi connectivity index (χ0) is 12.1. The van der Waals surface area contributed by atoms with E-state index in [1.165, 1.54) is 6.92 Å². The number of hydrogen-bond donors (Lipinski definition) is 2. The number of nitrogens with one attached hydrogen (secondary N) is 1. The number of hydrogen-bond acceptors (Lipinski definition) is 3. The van der Waals surface area contributed by atoms with E-state index in [1.807, 2.05) is 6.92 Å². The lowest BCUT2D eigenvalue weighted by molar-refractivity contribution is -0.143. The van der Waals surface area contributed by atoms with E-state index in [9.17, 15) is 13.2 Å². The zero-order valence-corrected chi connectivity index (χ0v) is 10.2. The van der Waals surface area contributed by atoms with Crippen molar-refractivity contribution in [3.8, 4) is 0 Å². The van der Waals surface area contributed by atoms with Gasteiger partial charge in [-0.05, 0) is 19.8 Å². The molecule has 1 unspecified atom stereocenters. The van der Waals surface area contributed by atoms with Gasteiger partial charge in [0.2, 0.25) is 10.0 Å². The maximum Gasteiger partial charge on any atom is 0.324 e. The predicted octanol–water partition coefficient (Wildman–Crippen LogP) is 0.959. The SMILES string of the molecule is CCCCS(=O)(=O)NC(C)(CC)C(=O)O. The molecule has 0 saturated carbocycles. The first-order valence-electron chi connectivity index (χ1n) is 5.02. The maximum atomic E-state index is 11.5. The van der Waals surface area contributed by atoms with Crippen LogP contribution in [0.2, 0.25) is 0 Å². The molecule has 0 amide bonds. The molecule has 2 N–H and O–H groups in total. The van der Waals surface area contributed by atoms with Gasteiger partial charge in [-0.2, -0.15) is 4.72 Å². The van der Waals surface area contributed by atoms with Crippen molar-refractivity contribution in [3.05, 3.63) is 0 Å². The monoisotopic (exact) mass is 237 g/mol. The van der Waals surface area contributed by atoms with Gasteiger partial charge in [-0.25, -0.2) is 8.42 Å². The van der Waals surface area contributed by atoms with Gasteiger partial charge in [-0.15, -0.1) is 0 Å². The van der Waals surface area contributed by atoms with Gasteiger partial charge >= 0.3 is 5.97 Å². The van der Waals surface area contributed by atoms with Gasteiger partial charge in [0.25, 0.3) is 0 Å². The number of carboxylic acids is 1. The lowest BCUT2D eigenvalue weighted by Crippen LogP contribution is -2.52. The summed E-state index contributed by atoms with van der Waals surface area (Å²) in [5, 5.41) is 8.89. The van der Waals surface area contributed by atoms with Gasteiger partial charge in [0.15, 0.2) is 0 Å². The minimum absolute atomic E-state index is 0.0215. The molecule has 0 aliphatic carbocycles. The molecule has 6 heteroatoms. The molecule has 0 spiro atoms. The van der Waals surface area contributed by atoms with Crippen LogP contribution in [-0.4, -0.2) is 30.8 Å². The Bertz CT molecular complexity index is 312. The van der Waals surface area contributed by atoms with Crippen molar-refractivity contribution < 1.29 is 18.3 Å². The molecule has 0 aliphatic rings. The zero-order valence-electron chi connectivity index (χ0n) is 9.41. The molecule has 0 radical (unpaired) electrons. The van der Waals surface area contributed by atoms with Gasteiger partial charge in [0.05, 0.1) is 5.75 Å². The molecule has 0 fully saturated rings. The van der Waals surface area contributed by atoms with Gasteiger partial charge in [-0.1, -0.05) is 20.3 Å². The Morgan fingerprint density at radius 1 is 1.40 bits per heavy atom. The number of carboxylic acid groups (broad SMARTS) is 1. The largest absolute Gasteiger partial charge is 0.480 e. The van der Waals surface area contributed by atoms with E-state index in [-0.39, 0.29) is 12.2 Å². The van der Waals surface area contributed by atoms with E-state index in [0.717, 1.165) is 6.42 Å². The van der Waals surface area contributed by atoms with Crippen LogP contribution in [0.1, 0.15) is 40.0 Å². The van der Waals surface area contributed by atoms with Gasteiger partial charge in [0, 0.05) is 0 Å². The summed E-state index contributed by atoms with van der Waals surface area (Å²) in [6.07, 6.45) is 1.51. The summed E-state index contributed by atoms with van der Waals surface area (Å²) in [4.78, 5) is 10.9. The van der Waals surface area contributed by atoms with Crippen LogP contribution in [0.4, 0.5) is 0 Å². The van der Waals surface area contributed by atoms with Gasteiger partial charge < -0.3 is 5.11 Å². The Balaban J connectivity index is 4.62. The third kappa shape index (κ3) is 4.61. The molecular formula is C9H19NO4S. The number of rotatable bonds is 7. The molecule has 0 heterocycles. The third-order valence-corrected chi connectivity index (χ3v) is 3.91. The van der Waals surface area contributed by atoms with E-state index >= 15 is 0 Å². The second-order valence-electron chi connectivity index (χ2n) is 3.77. The van der Waals surface area contributed by atoms with Crippen LogP contribution in [0.25, 0.3) is 0 Å². The molecule has 0 bridgehead atoms. The lowest BCUT2D eigenvalue weighted by Gasteiger charge is -2.24. The van der Waals surface area contributed by atoms with Crippen molar-refractivity contribution in [1.29, 1.82) is 0 Å². The van der Waals surface area contributed by atoms with E-state index in [4.69, 9.17) is 5.11 Å². The molecule has 90 valence electrons. The van der Waals surface area contributed by atoms with E-state index in [1.54, 1.807) is 6.92 Å². The number of sulfonamides is 1. The minimum Gasteiger partial charge on any atom is -0.480 e. The highest BCUT2D eigenvalue weighted by Gasteiger charge is 2.35. The second-order valence-corrected chi connectivity index (χ2v) is 5.61. The highest BCUT2D eigenvalue weighted by Crippen LogP contribution is 2.11. The first-order valence-corrected chi connectivity index (χ1v) is 6.67. The number of aliphatic carboxylic acids is 1. The molecule has 0 saturated heterocycles. The summed E-state index contributed by atoms with van der Waals surface area (Å²) in [6.45, 7) is 4.89. The van der Waals surface area contributed by atoms with Crippen LogP contribution < -0.4 is 4.72 Å². The average molecular weight is 237 g/mol. The normalized spacial score (nSPS) is 15.9. The van der Waals surface area contributed by atoms with Crippen molar-refractivity contribution in [3.63, 3.8) is 0 Å². The Morgan fingerprint density at radius 3 is 2.27 bits per heavy atom. The summed E-state index contributed by atoms with van der Waals surface area (Å²) in [7, 11) is -3.49. The summed E-state index contributed by atoms with van der Waals surface area (Å²) in [5.74, 6) is -1.17. The maximum absolute atomic E-state index is 11.5. The van der Waals surface area contributed by atoms with Gasteiger partial charge in [-0.3, -0.25) is 4.79 Å². The van der Waals surface area contributed by atoms with E-state index < -0.39 is 21.5 Å². The Hall–Kier alpha value is -0.620. The molecule has 1 atom stereocenters. The molecule has 15 heavy (non-hydrogen) atoms. The van der Waals surface area contributed by atoms with Crippen LogP contribution in [0, 0.1) is 0 Å². The quantitative estimate of drug-likeness (QED) is 0.690. The molecule has 0 aromatic carbocycles. The highest BCUT2D eigenvalue weighted by molar-refractivity contribution is 7.89. The van der Waals surface area contributed by atoms with Crippen LogP contribution >= 0.6 is 0 Å². The minimum atomic E-state index is -3.49. The van der Waals surface area contributed by atoms with Crippen molar-refractivity contribution >= 4 is 16.0 Å². The van der Waals surface area contributed by atoms with Crippen molar-refractivity contribution in [1.82, 2.24) is 4.72 Å². The first kappa shape index (κ1) is 14.4. The highest BCUT2D eigenvalue weighted by atomic mass is 32.2. The molecule has 0 rings (SSSR count). The summed E-state index contributed by atoms with van der Waals surface area (Å²) < 4.78 is 25.2. The Kier molecular flexibility index (Phi) is 5.23. The predicted molar refractivity (Wildman–Crippen MR) is 58.2 cm³/mol. The summed E-state index contributed by atoms with van der Waals surface area (Å²) >= 11 is 0. The lowest BCUT2D eigenvalue weighted by atomic mass is 10.0. The van der Waals surface area contributed by atoms with Crippen molar-refractivity contribution in [2.24, 2.45) is 0 Å². The molecule has 0 aromatic rings. The average Bonchev–Trinajstić information content (AvgIpc) is 2.13. The van der Waals surface area contributed by atoms with Crippen molar-refractivity contribution in [2.45, 2.75) is 45.6 Å². The number of unbranched alkanes of at least 4 members (excludes halogenated alkanes) is 1.